The van der Waals surface area contributed by atoms with Gasteiger partial charge in [0.15, 0.2) is 17.7 Å². The van der Waals surface area contributed by atoms with Gasteiger partial charge < -0.3 is 20.3 Å². The first-order valence-electron chi connectivity index (χ1n) is 6.23. The molecule has 4 unspecified atom stereocenters. The number of ether oxygens (including phenoxy) is 2. The number of aromatic nitrogens is 4. The summed E-state index contributed by atoms with van der Waals surface area (Å²) < 4.78 is 12.6. The fourth-order valence-corrected chi connectivity index (χ4v) is 2.46. The quantitative estimate of drug-likeness (QED) is 0.487. The number of nitrogens with two attached hydrogens (primary N) is 1. The van der Waals surface area contributed by atoms with Crippen molar-refractivity contribution < 1.29 is 24.7 Å². The molecule has 0 spiro atoms. The molecule has 2 aromatic rings. The van der Waals surface area contributed by atoms with Crippen molar-refractivity contribution in [3.05, 3.63) is 12.7 Å². The van der Waals surface area contributed by atoms with Gasteiger partial charge in [-0.1, -0.05) is 0 Å². The Morgan fingerprint density at radius 3 is 2.95 bits per heavy atom. The molecule has 2 aromatic heterocycles. The number of anilines is 1. The van der Waals surface area contributed by atoms with Crippen LogP contribution >= 0.6 is 0 Å². The highest BCUT2D eigenvalue weighted by molar-refractivity contribution is 5.81. The van der Waals surface area contributed by atoms with Crippen molar-refractivity contribution in [1.29, 1.82) is 0 Å². The van der Waals surface area contributed by atoms with Gasteiger partial charge in [0.2, 0.25) is 0 Å². The smallest absolute Gasteiger partial charge is 0.167 e. The minimum absolute atomic E-state index is 0.179. The third kappa shape index (κ3) is 2.22. The SMILES string of the molecule is COC1C(O)C(COO)OC1n1cnc2c(N)ncnc21. The van der Waals surface area contributed by atoms with Crippen LogP contribution in [0.1, 0.15) is 6.23 Å². The zero-order valence-electron chi connectivity index (χ0n) is 11.2. The number of nitrogens with zero attached hydrogens (tertiary/aromatic N) is 4. The van der Waals surface area contributed by atoms with Gasteiger partial charge in [-0.2, -0.15) is 0 Å². The molecule has 1 saturated heterocycles. The van der Waals surface area contributed by atoms with Crippen molar-refractivity contribution in [3.8, 4) is 0 Å². The van der Waals surface area contributed by atoms with Crippen LogP contribution in [0.15, 0.2) is 12.7 Å². The van der Waals surface area contributed by atoms with Crippen molar-refractivity contribution in [2.24, 2.45) is 0 Å². The summed E-state index contributed by atoms with van der Waals surface area (Å²) in [5.74, 6) is 0.251. The van der Waals surface area contributed by atoms with E-state index in [4.69, 9.17) is 20.5 Å². The molecule has 0 aliphatic carbocycles. The normalized spacial score (nSPS) is 29.3. The molecule has 1 fully saturated rings. The number of fused-ring (bicyclic) bond motifs is 1. The van der Waals surface area contributed by atoms with E-state index >= 15 is 0 Å². The van der Waals surface area contributed by atoms with Crippen LogP contribution in [0.4, 0.5) is 5.82 Å². The minimum atomic E-state index is -0.969. The number of methoxy groups -OCH3 is 1. The van der Waals surface area contributed by atoms with Crippen LogP contribution in [0.25, 0.3) is 11.2 Å². The van der Waals surface area contributed by atoms with Crippen molar-refractivity contribution in [2.75, 3.05) is 19.5 Å². The van der Waals surface area contributed by atoms with Crippen molar-refractivity contribution in [1.82, 2.24) is 19.5 Å². The maximum absolute atomic E-state index is 10.1. The van der Waals surface area contributed by atoms with E-state index in [1.807, 2.05) is 0 Å². The lowest BCUT2D eigenvalue weighted by Crippen LogP contribution is -2.35. The average Bonchev–Trinajstić information content (AvgIpc) is 3.02. The van der Waals surface area contributed by atoms with Gasteiger partial charge in [0.05, 0.1) is 6.33 Å². The van der Waals surface area contributed by atoms with E-state index in [2.05, 4.69) is 19.8 Å². The molecule has 21 heavy (non-hydrogen) atoms. The van der Waals surface area contributed by atoms with Crippen LogP contribution in [0, 0.1) is 0 Å². The van der Waals surface area contributed by atoms with Gasteiger partial charge in [0.25, 0.3) is 0 Å². The molecule has 10 nitrogen and oxygen atoms in total. The molecule has 3 heterocycles. The second kappa shape index (κ2) is 5.50. The molecule has 0 radical (unpaired) electrons. The summed E-state index contributed by atoms with van der Waals surface area (Å²) in [6, 6.07) is 0. The molecule has 0 amide bonds. The topological polar surface area (TPSA) is 138 Å². The zero-order chi connectivity index (χ0) is 15.0. The fourth-order valence-electron chi connectivity index (χ4n) is 2.46. The molecule has 4 N–H and O–H groups in total. The summed E-state index contributed by atoms with van der Waals surface area (Å²) in [6.45, 7) is -0.179. The monoisotopic (exact) mass is 297 g/mol. The Labute approximate surface area is 119 Å². The summed E-state index contributed by atoms with van der Waals surface area (Å²) in [5, 5.41) is 18.7. The van der Waals surface area contributed by atoms with Crippen LogP contribution in [-0.4, -0.2) is 61.9 Å². The molecule has 0 aromatic carbocycles. The number of rotatable bonds is 4. The molecule has 10 heteroatoms. The number of hydrogen-bond acceptors (Lipinski definition) is 9. The van der Waals surface area contributed by atoms with Gasteiger partial charge in [-0.05, 0) is 0 Å². The van der Waals surface area contributed by atoms with E-state index in [0.29, 0.717) is 11.2 Å². The van der Waals surface area contributed by atoms with Gasteiger partial charge >= 0.3 is 0 Å². The van der Waals surface area contributed by atoms with Crippen LogP contribution in [0.5, 0.6) is 0 Å². The molecule has 114 valence electrons. The molecular formula is C11H15N5O5. The highest BCUT2D eigenvalue weighted by Gasteiger charge is 2.45. The lowest BCUT2D eigenvalue weighted by molar-refractivity contribution is -0.264. The first-order valence-corrected chi connectivity index (χ1v) is 6.23. The fraction of sp³-hybridized carbons (Fsp3) is 0.545. The Kier molecular flexibility index (Phi) is 3.69. The van der Waals surface area contributed by atoms with Crippen LogP contribution in [0.2, 0.25) is 0 Å². The van der Waals surface area contributed by atoms with Crippen LogP contribution in [0.3, 0.4) is 0 Å². The third-order valence-corrected chi connectivity index (χ3v) is 3.48. The second-order valence-electron chi connectivity index (χ2n) is 4.63. The summed E-state index contributed by atoms with van der Waals surface area (Å²) in [4.78, 5) is 16.2. The first-order chi connectivity index (χ1) is 10.2. The van der Waals surface area contributed by atoms with E-state index in [1.165, 1.54) is 19.8 Å². The zero-order valence-corrected chi connectivity index (χ0v) is 11.2. The lowest BCUT2D eigenvalue weighted by atomic mass is 10.1. The Hall–Kier alpha value is -1.85. The van der Waals surface area contributed by atoms with Crippen LogP contribution in [-0.2, 0) is 14.4 Å². The summed E-state index contributed by atoms with van der Waals surface area (Å²) >= 11 is 0. The van der Waals surface area contributed by atoms with Crippen LogP contribution < -0.4 is 5.73 Å². The van der Waals surface area contributed by atoms with Crippen molar-refractivity contribution in [2.45, 2.75) is 24.5 Å². The van der Waals surface area contributed by atoms with Crippen molar-refractivity contribution >= 4 is 17.0 Å². The molecule has 1 aliphatic rings. The Bertz CT molecular complexity index is 634. The predicted octanol–water partition coefficient (Wildman–Crippen LogP) is -0.829. The van der Waals surface area contributed by atoms with E-state index < -0.39 is 24.5 Å². The molecule has 0 bridgehead atoms. The largest absolute Gasteiger partial charge is 0.387 e. The lowest BCUT2D eigenvalue weighted by Gasteiger charge is -2.19. The molecule has 1 aliphatic heterocycles. The standard InChI is InChI=1S/C11H15N5O5/c1-19-8-7(17)5(2-20-18)21-11(8)16-4-15-6-9(12)13-3-14-10(6)16/h3-5,7-8,11,17-18H,2H2,1H3,(H2,12,13,14). The third-order valence-electron chi connectivity index (χ3n) is 3.48. The van der Waals surface area contributed by atoms with Gasteiger partial charge in [-0.25, -0.2) is 19.8 Å². The number of nitrogen functional groups attached to an aromatic ring is 1. The molecule has 4 atom stereocenters. The highest BCUT2D eigenvalue weighted by Crippen LogP contribution is 2.33. The van der Waals surface area contributed by atoms with E-state index in [1.54, 1.807) is 4.57 Å². The molecule has 0 saturated carbocycles. The summed E-state index contributed by atoms with van der Waals surface area (Å²) in [7, 11) is 1.45. The first kappa shape index (κ1) is 14.1. The molecule has 3 rings (SSSR count). The van der Waals surface area contributed by atoms with Gasteiger partial charge in [-0.15, -0.1) is 0 Å². The number of imidazole rings is 1. The number of aliphatic hydroxyl groups is 1. The highest BCUT2D eigenvalue weighted by atomic mass is 17.1. The van der Waals surface area contributed by atoms with E-state index in [-0.39, 0.29) is 12.4 Å². The summed E-state index contributed by atoms with van der Waals surface area (Å²) in [6.07, 6.45) is -0.243. The van der Waals surface area contributed by atoms with Crippen molar-refractivity contribution in [3.63, 3.8) is 0 Å². The number of aliphatic hydroxyl groups excluding tert-OH is 1. The van der Waals surface area contributed by atoms with Gasteiger partial charge in [-0.3, -0.25) is 9.82 Å². The summed E-state index contributed by atoms with van der Waals surface area (Å²) in [5.41, 5.74) is 6.64. The maximum atomic E-state index is 10.1. The molecular weight excluding hydrogens is 282 g/mol. The minimum Gasteiger partial charge on any atom is -0.387 e. The second-order valence-corrected chi connectivity index (χ2v) is 4.63. The maximum Gasteiger partial charge on any atom is 0.167 e. The predicted molar refractivity (Wildman–Crippen MR) is 69.0 cm³/mol. The average molecular weight is 297 g/mol. The van der Waals surface area contributed by atoms with E-state index in [0.717, 1.165) is 0 Å². The Balaban J connectivity index is 1.99. The van der Waals surface area contributed by atoms with Gasteiger partial charge in [0.1, 0.15) is 36.8 Å². The van der Waals surface area contributed by atoms with E-state index in [9.17, 15) is 5.11 Å². The van der Waals surface area contributed by atoms with Gasteiger partial charge in [0, 0.05) is 7.11 Å². The Morgan fingerprint density at radius 2 is 2.24 bits per heavy atom. The number of hydrogen-bond donors (Lipinski definition) is 3. The Morgan fingerprint density at radius 1 is 1.43 bits per heavy atom.